The maximum Gasteiger partial charge on any atom is 0.210 e. The number of halogens is 1. The molecule has 2 aliphatic rings. The zero-order chi connectivity index (χ0) is 24.4. The number of benzene rings is 1. The summed E-state index contributed by atoms with van der Waals surface area (Å²) in [7, 11) is 0. The number of aryl methyl sites for hydroxylation is 1. The van der Waals surface area contributed by atoms with Gasteiger partial charge in [0.1, 0.15) is 5.82 Å². The highest BCUT2D eigenvalue weighted by molar-refractivity contribution is 5.50. The van der Waals surface area contributed by atoms with E-state index in [1.807, 2.05) is 19.9 Å². The Morgan fingerprint density at radius 2 is 1.78 bits per heavy atom. The first-order valence-electron chi connectivity index (χ1n) is 11.0. The third-order valence-corrected chi connectivity index (χ3v) is 4.97. The molecule has 32 heavy (non-hydrogen) atoms. The van der Waals surface area contributed by atoms with Gasteiger partial charge in [0.15, 0.2) is 0 Å². The van der Waals surface area contributed by atoms with Gasteiger partial charge in [-0.25, -0.2) is 4.39 Å². The summed E-state index contributed by atoms with van der Waals surface area (Å²) in [5.41, 5.74) is 3.41. The van der Waals surface area contributed by atoms with E-state index in [0.29, 0.717) is 18.8 Å². The van der Waals surface area contributed by atoms with Gasteiger partial charge in [-0.15, -0.1) is 13.2 Å². The molecule has 1 aromatic rings. The molecule has 0 unspecified atom stereocenters. The molecule has 2 atom stereocenters. The molecular formula is C27H40FNO3. The summed E-state index contributed by atoms with van der Waals surface area (Å²) in [5.74, 6) is -0.171. The van der Waals surface area contributed by atoms with Crippen LogP contribution in [0.2, 0.25) is 0 Å². The molecule has 0 spiro atoms. The van der Waals surface area contributed by atoms with Crippen LogP contribution in [-0.4, -0.2) is 49.8 Å². The highest BCUT2D eigenvalue weighted by Crippen LogP contribution is 2.18. The number of hydrogen-bond donors (Lipinski definition) is 0. The molecule has 2 heterocycles. The standard InChI is InChI=1S/C10H13NO.C8H16O2.C7H7F.C2H4/c1-3-9-5-6-11(8-12)7-10(9)4-2;1-3-9-8-5-4-7(2)10-6-8;1-6-2-4-7(8)5-3-6;1-2/h3-4,8H,1-2,5-7H2;7-8H,3-6H2,1-2H3;2-5H,1H3;1-2H2/t;7-,8-;;/m.0../s1. The van der Waals surface area contributed by atoms with Crippen molar-refractivity contribution in [2.45, 2.75) is 52.2 Å². The fourth-order valence-electron chi connectivity index (χ4n) is 3.10. The minimum atomic E-state index is -0.171. The van der Waals surface area contributed by atoms with Gasteiger partial charge in [-0.1, -0.05) is 43.0 Å². The van der Waals surface area contributed by atoms with Crippen molar-refractivity contribution >= 4 is 6.41 Å². The largest absolute Gasteiger partial charge is 0.376 e. The van der Waals surface area contributed by atoms with Crippen molar-refractivity contribution < 1.29 is 18.7 Å². The van der Waals surface area contributed by atoms with Crippen molar-refractivity contribution in [2.24, 2.45) is 0 Å². The lowest BCUT2D eigenvalue weighted by molar-refractivity contribution is -0.117. The molecule has 0 saturated carbocycles. The van der Waals surface area contributed by atoms with Gasteiger partial charge in [0.25, 0.3) is 0 Å². The first-order chi connectivity index (χ1) is 15.4. The SMILES string of the molecule is C=C.C=CC1=C(C=C)CN(C=O)CC1.CCO[C@H]1CC[C@H](C)OC1.Cc1ccc(F)cc1. The van der Waals surface area contributed by atoms with E-state index in [2.05, 4.69) is 33.2 Å². The monoisotopic (exact) mass is 445 g/mol. The van der Waals surface area contributed by atoms with Gasteiger partial charge in [0.2, 0.25) is 6.41 Å². The third-order valence-electron chi connectivity index (χ3n) is 4.97. The van der Waals surface area contributed by atoms with Crippen molar-refractivity contribution in [1.82, 2.24) is 4.90 Å². The number of carbonyl (C=O) groups excluding carboxylic acids is 1. The number of allylic oxidation sites excluding steroid dienone is 1. The first kappa shape index (κ1) is 29.5. The van der Waals surface area contributed by atoms with Crippen LogP contribution >= 0.6 is 0 Å². The van der Waals surface area contributed by atoms with Gasteiger partial charge in [0.05, 0.1) is 18.8 Å². The molecule has 1 fully saturated rings. The topological polar surface area (TPSA) is 38.8 Å². The van der Waals surface area contributed by atoms with Crippen molar-refractivity contribution in [3.63, 3.8) is 0 Å². The number of ether oxygens (including phenoxy) is 2. The van der Waals surface area contributed by atoms with E-state index in [1.165, 1.54) is 17.7 Å². The normalized spacial score (nSPS) is 19.7. The van der Waals surface area contributed by atoms with E-state index in [-0.39, 0.29) is 5.82 Å². The third kappa shape index (κ3) is 12.4. The van der Waals surface area contributed by atoms with Crippen LogP contribution in [0.4, 0.5) is 4.39 Å². The van der Waals surface area contributed by atoms with Crippen LogP contribution in [0.3, 0.4) is 0 Å². The van der Waals surface area contributed by atoms with E-state index in [1.54, 1.807) is 23.1 Å². The van der Waals surface area contributed by atoms with Crippen molar-refractivity contribution in [3.8, 4) is 0 Å². The lowest BCUT2D eigenvalue weighted by atomic mass is 10.0. The van der Waals surface area contributed by atoms with E-state index < -0.39 is 0 Å². The number of amides is 1. The predicted octanol–water partition coefficient (Wildman–Crippen LogP) is 6.04. The summed E-state index contributed by atoms with van der Waals surface area (Å²) in [6, 6.07) is 6.40. The van der Waals surface area contributed by atoms with Crippen LogP contribution in [0, 0.1) is 12.7 Å². The number of hydrogen-bond acceptors (Lipinski definition) is 3. The summed E-state index contributed by atoms with van der Waals surface area (Å²) in [6.07, 6.45) is 8.52. The minimum absolute atomic E-state index is 0.171. The Morgan fingerprint density at radius 1 is 1.16 bits per heavy atom. The minimum Gasteiger partial charge on any atom is -0.376 e. The molecule has 1 saturated heterocycles. The highest BCUT2D eigenvalue weighted by Gasteiger charge is 2.17. The van der Waals surface area contributed by atoms with Gasteiger partial charge < -0.3 is 14.4 Å². The second-order valence-electron chi connectivity index (χ2n) is 7.38. The van der Waals surface area contributed by atoms with Gasteiger partial charge in [-0.2, -0.15) is 0 Å². The molecule has 1 amide bonds. The Balaban J connectivity index is 0.000000441. The van der Waals surface area contributed by atoms with Crippen molar-refractivity contribution in [1.29, 1.82) is 0 Å². The Kier molecular flexibility index (Phi) is 16.7. The lowest BCUT2D eigenvalue weighted by Crippen LogP contribution is -2.29. The van der Waals surface area contributed by atoms with Crippen molar-refractivity contribution in [3.05, 3.63) is 85.3 Å². The average molecular weight is 446 g/mol. The van der Waals surface area contributed by atoms with Crippen LogP contribution in [0.1, 0.15) is 38.7 Å². The molecule has 0 bridgehead atoms. The smallest absolute Gasteiger partial charge is 0.210 e. The van der Waals surface area contributed by atoms with Crippen LogP contribution in [0.5, 0.6) is 0 Å². The second-order valence-corrected chi connectivity index (χ2v) is 7.38. The summed E-state index contributed by atoms with van der Waals surface area (Å²) in [5, 5.41) is 0. The fourth-order valence-corrected chi connectivity index (χ4v) is 3.10. The van der Waals surface area contributed by atoms with Gasteiger partial charge in [0, 0.05) is 19.7 Å². The van der Waals surface area contributed by atoms with Gasteiger partial charge >= 0.3 is 0 Å². The van der Waals surface area contributed by atoms with Crippen LogP contribution in [-0.2, 0) is 14.3 Å². The summed E-state index contributed by atoms with van der Waals surface area (Å²) in [6.45, 7) is 22.6. The summed E-state index contributed by atoms with van der Waals surface area (Å²) < 4.78 is 22.9. The summed E-state index contributed by atoms with van der Waals surface area (Å²) >= 11 is 0. The zero-order valence-corrected chi connectivity index (χ0v) is 20.0. The van der Waals surface area contributed by atoms with Gasteiger partial charge in [-0.3, -0.25) is 4.79 Å². The molecule has 0 aliphatic carbocycles. The summed E-state index contributed by atoms with van der Waals surface area (Å²) in [4.78, 5) is 12.2. The van der Waals surface area contributed by atoms with E-state index in [0.717, 1.165) is 56.6 Å². The fraction of sp³-hybridized carbons (Fsp3) is 0.444. The van der Waals surface area contributed by atoms with Crippen LogP contribution in [0.25, 0.3) is 0 Å². The van der Waals surface area contributed by atoms with Crippen molar-refractivity contribution in [2.75, 3.05) is 26.3 Å². The molecule has 0 radical (unpaired) electrons. The molecule has 4 nitrogen and oxygen atoms in total. The Morgan fingerprint density at radius 3 is 2.22 bits per heavy atom. The molecule has 3 rings (SSSR count). The molecule has 178 valence electrons. The molecule has 0 aromatic heterocycles. The van der Waals surface area contributed by atoms with Gasteiger partial charge in [-0.05, 0) is 63.3 Å². The van der Waals surface area contributed by atoms with Crippen LogP contribution < -0.4 is 0 Å². The molecule has 2 aliphatic heterocycles. The average Bonchev–Trinajstić information content (AvgIpc) is 2.84. The quantitative estimate of drug-likeness (QED) is 0.409. The molecular weight excluding hydrogens is 405 g/mol. The number of nitrogens with zero attached hydrogens (tertiary/aromatic N) is 1. The molecule has 5 heteroatoms. The number of carbonyl (C=O) groups is 1. The van der Waals surface area contributed by atoms with E-state index in [9.17, 15) is 9.18 Å². The molecule has 0 N–H and O–H groups in total. The van der Waals surface area contributed by atoms with E-state index >= 15 is 0 Å². The second kappa shape index (κ2) is 18.1. The first-order valence-corrected chi connectivity index (χ1v) is 11.0. The number of rotatable bonds is 5. The lowest BCUT2D eigenvalue weighted by Gasteiger charge is -2.26. The predicted molar refractivity (Wildman–Crippen MR) is 132 cm³/mol. The maximum absolute atomic E-state index is 12.1. The van der Waals surface area contributed by atoms with E-state index in [4.69, 9.17) is 9.47 Å². The Bertz CT molecular complexity index is 670. The molecule has 1 aromatic carbocycles. The zero-order valence-electron chi connectivity index (χ0n) is 20.0. The Hall–Kier alpha value is -2.50. The Labute approximate surface area is 194 Å². The van der Waals surface area contributed by atoms with Crippen LogP contribution in [0.15, 0.2) is 73.9 Å². The highest BCUT2D eigenvalue weighted by atomic mass is 19.1. The maximum atomic E-state index is 12.1.